The lowest BCUT2D eigenvalue weighted by Crippen LogP contribution is -2.04. The molecular formula is C11H10N4OS2. The topological polar surface area (TPSA) is 60.2 Å². The zero-order valence-electron chi connectivity index (χ0n) is 9.66. The maximum absolute atomic E-state index is 12.1. The number of nitrogens with zero attached hydrogens (tertiary/aromatic N) is 4. The summed E-state index contributed by atoms with van der Waals surface area (Å²) < 4.78 is 5.77. The standard InChI is InChI=1S/C11H10N4OS2/c1-2-8-10(18-14-13-8)9(16)5-7-6-15-3-4-17-11(15)12-7/h3-4,6H,2,5H2,1H3. The summed E-state index contributed by atoms with van der Waals surface area (Å²) in [4.78, 5) is 18.1. The molecule has 0 aliphatic rings. The van der Waals surface area contributed by atoms with E-state index in [0.717, 1.165) is 22.8 Å². The van der Waals surface area contributed by atoms with Gasteiger partial charge in [-0.3, -0.25) is 9.20 Å². The van der Waals surface area contributed by atoms with Gasteiger partial charge >= 0.3 is 0 Å². The van der Waals surface area contributed by atoms with E-state index < -0.39 is 0 Å². The van der Waals surface area contributed by atoms with E-state index in [-0.39, 0.29) is 5.78 Å². The van der Waals surface area contributed by atoms with Gasteiger partial charge in [0, 0.05) is 17.8 Å². The largest absolute Gasteiger partial charge is 0.297 e. The van der Waals surface area contributed by atoms with E-state index in [2.05, 4.69) is 14.6 Å². The Bertz CT molecular complexity index is 668. The first-order valence-electron chi connectivity index (χ1n) is 5.53. The number of rotatable bonds is 4. The molecule has 7 heteroatoms. The van der Waals surface area contributed by atoms with Crippen molar-refractivity contribution in [2.45, 2.75) is 19.8 Å². The van der Waals surface area contributed by atoms with Crippen molar-refractivity contribution in [1.82, 2.24) is 19.0 Å². The number of thiazole rings is 1. The zero-order valence-corrected chi connectivity index (χ0v) is 11.3. The average molecular weight is 278 g/mol. The van der Waals surface area contributed by atoms with Crippen LogP contribution in [0.3, 0.4) is 0 Å². The predicted octanol–water partition coefficient (Wildman–Crippen LogP) is 2.24. The molecule has 0 bridgehead atoms. The maximum Gasteiger partial charge on any atom is 0.193 e. The van der Waals surface area contributed by atoms with Crippen molar-refractivity contribution in [3.05, 3.63) is 34.0 Å². The van der Waals surface area contributed by atoms with Crippen LogP contribution in [0.2, 0.25) is 0 Å². The Hall–Kier alpha value is -1.60. The number of aryl methyl sites for hydroxylation is 1. The summed E-state index contributed by atoms with van der Waals surface area (Å²) in [6.07, 6.45) is 4.87. The number of carbonyl (C=O) groups is 1. The second kappa shape index (κ2) is 4.58. The molecular weight excluding hydrogens is 268 g/mol. The van der Waals surface area contributed by atoms with Gasteiger partial charge in [0.1, 0.15) is 4.88 Å². The monoisotopic (exact) mass is 278 g/mol. The van der Waals surface area contributed by atoms with E-state index in [1.807, 2.05) is 29.1 Å². The molecule has 0 N–H and O–H groups in total. The second-order valence-electron chi connectivity index (χ2n) is 3.83. The fourth-order valence-electron chi connectivity index (χ4n) is 1.76. The number of aromatic nitrogens is 4. The molecule has 0 aliphatic heterocycles. The Morgan fingerprint density at radius 3 is 3.17 bits per heavy atom. The summed E-state index contributed by atoms with van der Waals surface area (Å²) in [6, 6.07) is 0. The Morgan fingerprint density at radius 2 is 2.39 bits per heavy atom. The van der Waals surface area contributed by atoms with Crippen LogP contribution in [0.4, 0.5) is 0 Å². The van der Waals surface area contributed by atoms with Gasteiger partial charge in [-0.2, -0.15) is 0 Å². The van der Waals surface area contributed by atoms with E-state index in [9.17, 15) is 4.79 Å². The number of hydrogen-bond donors (Lipinski definition) is 0. The summed E-state index contributed by atoms with van der Waals surface area (Å²) in [5, 5.41) is 5.92. The summed E-state index contributed by atoms with van der Waals surface area (Å²) in [5.74, 6) is 0.0487. The van der Waals surface area contributed by atoms with Crippen LogP contribution in [0.25, 0.3) is 4.96 Å². The van der Waals surface area contributed by atoms with Crippen molar-refractivity contribution in [1.29, 1.82) is 0 Å². The Labute approximate surface area is 111 Å². The first-order valence-corrected chi connectivity index (χ1v) is 7.18. The number of Topliss-reactive ketones (excluding diaryl/α,β-unsaturated/α-hetero) is 1. The number of fused-ring (bicyclic) bond motifs is 1. The first-order chi connectivity index (χ1) is 8.78. The normalized spacial score (nSPS) is 11.2. The van der Waals surface area contributed by atoms with Gasteiger partial charge in [-0.15, -0.1) is 16.4 Å². The molecule has 92 valence electrons. The van der Waals surface area contributed by atoms with Crippen molar-refractivity contribution >= 4 is 33.6 Å². The van der Waals surface area contributed by atoms with Crippen LogP contribution in [0.15, 0.2) is 17.8 Å². The number of hydrogen-bond acceptors (Lipinski definition) is 6. The van der Waals surface area contributed by atoms with Gasteiger partial charge in [0.05, 0.1) is 17.8 Å². The van der Waals surface area contributed by atoms with E-state index in [4.69, 9.17) is 0 Å². The lowest BCUT2D eigenvalue weighted by molar-refractivity contribution is 0.0995. The first kappa shape index (κ1) is 11.5. The fourth-order valence-corrected chi connectivity index (χ4v) is 3.16. The SMILES string of the molecule is CCc1nnsc1C(=O)Cc1cn2ccsc2n1. The Morgan fingerprint density at radius 1 is 1.50 bits per heavy atom. The molecule has 0 amide bonds. The van der Waals surface area contributed by atoms with Gasteiger partial charge in [-0.1, -0.05) is 11.4 Å². The Kier molecular flexibility index (Phi) is 2.92. The third kappa shape index (κ3) is 1.95. The van der Waals surface area contributed by atoms with Crippen LogP contribution in [0, 0.1) is 0 Å². The molecule has 3 rings (SSSR count). The predicted molar refractivity (Wildman–Crippen MR) is 70.4 cm³/mol. The molecule has 0 saturated carbocycles. The van der Waals surface area contributed by atoms with Gasteiger partial charge in [-0.05, 0) is 18.0 Å². The summed E-state index contributed by atoms with van der Waals surface area (Å²) >= 11 is 2.73. The third-order valence-corrected chi connectivity index (χ3v) is 4.21. The lowest BCUT2D eigenvalue weighted by atomic mass is 10.1. The molecule has 5 nitrogen and oxygen atoms in total. The molecule has 0 spiro atoms. The van der Waals surface area contributed by atoms with Crippen molar-refractivity contribution in [3.63, 3.8) is 0 Å². The van der Waals surface area contributed by atoms with Crippen molar-refractivity contribution in [2.75, 3.05) is 0 Å². The summed E-state index contributed by atoms with van der Waals surface area (Å²) in [7, 11) is 0. The smallest absolute Gasteiger partial charge is 0.193 e. The van der Waals surface area contributed by atoms with Crippen LogP contribution in [0.5, 0.6) is 0 Å². The minimum atomic E-state index is 0.0487. The third-order valence-electron chi connectivity index (χ3n) is 2.63. The molecule has 0 aliphatic carbocycles. The lowest BCUT2D eigenvalue weighted by Gasteiger charge is -1.95. The molecule has 3 aromatic rings. The average Bonchev–Trinajstić information content (AvgIpc) is 3.02. The number of carbonyl (C=O) groups excluding carboxylic acids is 1. The highest BCUT2D eigenvalue weighted by molar-refractivity contribution is 7.15. The van der Waals surface area contributed by atoms with Gasteiger partial charge < -0.3 is 0 Å². The highest BCUT2D eigenvalue weighted by atomic mass is 32.1. The van der Waals surface area contributed by atoms with E-state index in [1.165, 1.54) is 11.5 Å². The quantitative estimate of drug-likeness (QED) is 0.687. The summed E-state index contributed by atoms with van der Waals surface area (Å²) in [5.41, 5.74) is 1.58. The van der Waals surface area contributed by atoms with Crippen molar-refractivity contribution in [2.24, 2.45) is 0 Å². The molecule has 3 aromatic heterocycles. The minimum absolute atomic E-state index is 0.0487. The van der Waals surface area contributed by atoms with Crippen LogP contribution in [-0.2, 0) is 12.8 Å². The van der Waals surface area contributed by atoms with E-state index >= 15 is 0 Å². The van der Waals surface area contributed by atoms with Crippen LogP contribution < -0.4 is 0 Å². The molecule has 0 saturated heterocycles. The van der Waals surface area contributed by atoms with Crippen molar-refractivity contribution in [3.8, 4) is 0 Å². The number of imidazole rings is 1. The molecule has 0 atom stereocenters. The van der Waals surface area contributed by atoms with Gasteiger partial charge in [0.25, 0.3) is 0 Å². The molecule has 0 radical (unpaired) electrons. The highest BCUT2D eigenvalue weighted by Gasteiger charge is 2.16. The summed E-state index contributed by atoms with van der Waals surface area (Å²) in [6.45, 7) is 1.97. The fraction of sp³-hybridized carbons (Fsp3) is 0.273. The van der Waals surface area contributed by atoms with Gasteiger partial charge in [0.2, 0.25) is 0 Å². The van der Waals surface area contributed by atoms with Crippen LogP contribution in [0.1, 0.15) is 28.0 Å². The zero-order chi connectivity index (χ0) is 12.5. The Balaban J connectivity index is 1.84. The molecule has 0 aromatic carbocycles. The number of ketones is 1. The highest BCUT2D eigenvalue weighted by Crippen LogP contribution is 2.16. The van der Waals surface area contributed by atoms with Crippen LogP contribution in [-0.4, -0.2) is 24.8 Å². The minimum Gasteiger partial charge on any atom is -0.297 e. The van der Waals surface area contributed by atoms with E-state index in [0.29, 0.717) is 11.3 Å². The molecule has 0 fully saturated rings. The van der Waals surface area contributed by atoms with E-state index in [1.54, 1.807) is 11.3 Å². The molecule has 0 unspecified atom stereocenters. The maximum atomic E-state index is 12.1. The second-order valence-corrected chi connectivity index (χ2v) is 5.45. The van der Waals surface area contributed by atoms with Crippen molar-refractivity contribution < 1.29 is 4.79 Å². The molecule has 3 heterocycles. The molecule has 18 heavy (non-hydrogen) atoms. The van der Waals surface area contributed by atoms with Gasteiger partial charge in [0.15, 0.2) is 10.7 Å². The van der Waals surface area contributed by atoms with Gasteiger partial charge in [-0.25, -0.2) is 4.98 Å². The van der Waals surface area contributed by atoms with Crippen LogP contribution >= 0.6 is 22.9 Å².